The van der Waals surface area contributed by atoms with Crippen molar-refractivity contribution in [2.24, 2.45) is 0 Å². The molecular formula is C15H20O2. The lowest BCUT2D eigenvalue weighted by Crippen LogP contribution is -1.98. The van der Waals surface area contributed by atoms with Crippen molar-refractivity contribution in [2.45, 2.75) is 46.0 Å². The van der Waals surface area contributed by atoms with Crippen molar-refractivity contribution in [3.63, 3.8) is 0 Å². The van der Waals surface area contributed by atoms with E-state index in [1.165, 1.54) is 12.8 Å². The first-order valence-corrected chi connectivity index (χ1v) is 6.33. The fraction of sp³-hybridized carbons (Fsp3) is 0.467. The molecule has 0 amide bonds. The van der Waals surface area contributed by atoms with Gasteiger partial charge in [0.1, 0.15) is 23.0 Å². The zero-order valence-corrected chi connectivity index (χ0v) is 10.8. The van der Waals surface area contributed by atoms with Crippen LogP contribution in [0.2, 0.25) is 0 Å². The topological polar surface area (TPSA) is 26.3 Å². The van der Waals surface area contributed by atoms with Gasteiger partial charge in [-0.1, -0.05) is 19.8 Å². The van der Waals surface area contributed by atoms with E-state index in [0.29, 0.717) is 0 Å². The summed E-state index contributed by atoms with van der Waals surface area (Å²) in [4.78, 5) is 0. The average molecular weight is 232 g/mol. The number of hydrogen-bond acceptors (Lipinski definition) is 2. The third kappa shape index (κ3) is 2.82. The molecule has 2 nitrogen and oxygen atoms in total. The van der Waals surface area contributed by atoms with Gasteiger partial charge < -0.3 is 8.83 Å². The SMILES string of the molecule is CCCCC(c1ccc(C)o1)c1ccc(C)o1. The Bertz CT molecular complexity index is 424. The Morgan fingerprint density at radius 2 is 1.47 bits per heavy atom. The van der Waals surface area contributed by atoms with Crippen LogP contribution in [0.1, 0.15) is 55.1 Å². The molecule has 2 rings (SSSR count). The molecular weight excluding hydrogens is 212 g/mol. The predicted molar refractivity (Wildman–Crippen MR) is 68.3 cm³/mol. The second-order valence-electron chi connectivity index (χ2n) is 4.59. The summed E-state index contributed by atoms with van der Waals surface area (Å²) in [6, 6.07) is 8.16. The molecule has 0 unspecified atom stereocenters. The lowest BCUT2D eigenvalue weighted by Gasteiger charge is -2.11. The predicted octanol–water partition coefficient (Wildman–Crippen LogP) is 4.81. The number of furan rings is 2. The summed E-state index contributed by atoms with van der Waals surface area (Å²) in [5.74, 6) is 4.22. The van der Waals surface area contributed by atoms with E-state index in [1.807, 2.05) is 26.0 Å². The van der Waals surface area contributed by atoms with Crippen molar-refractivity contribution < 1.29 is 8.83 Å². The molecule has 0 saturated heterocycles. The monoisotopic (exact) mass is 232 g/mol. The molecule has 2 aromatic rings. The van der Waals surface area contributed by atoms with Gasteiger partial charge in [0.15, 0.2) is 0 Å². The van der Waals surface area contributed by atoms with Crippen molar-refractivity contribution in [2.75, 3.05) is 0 Å². The molecule has 0 fully saturated rings. The first kappa shape index (κ1) is 12.0. The molecule has 92 valence electrons. The summed E-state index contributed by atoms with van der Waals surface area (Å²) in [6.45, 7) is 6.17. The molecule has 0 aromatic carbocycles. The quantitative estimate of drug-likeness (QED) is 0.739. The summed E-state index contributed by atoms with van der Waals surface area (Å²) >= 11 is 0. The summed E-state index contributed by atoms with van der Waals surface area (Å²) in [5.41, 5.74) is 0. The highest BCUT2D eigenvalue weighted by Gasteiger charge is 2.20. The Morgan fingerprint density at radius 1 is 0.941 bits per heavy atom. The molecule has 0 aliphatic heterocycles. The van der Waals surface area contributed by atoms with Gasteiger partial charge in [-0.25, -0.2) is 0 Å². The van der Waals surface area contributed by atoms with E-state index in [2.05, 4.69) is 19.1 Å². The highest BCUT2D eigenvalue weighted by Crippen LogP contribution is 2.32. The van der Waals surface area contributed by atoms with Gasteiger partial charge in [0.05, 0.1) is 5.92 Å². The number of hydrogen-bond donors (Lipinski definition) is 0. The zero-order valence-electron chi connectivity index (χ0n) is 10.8. The van der Waals surface area contributed by atoms with E-state index in [1.54, 1.807) is 0 Å². The van der Waals surface area contributed by atoms with E-state index in [0.717, 1.165) is 29.5 Å². The fourth-order valence-corrected chi connectivity index (χ4v) is 2.11. The largest absolute Gasteiger partial charge is 0.466 e. The van der Waals surface area contributed by atoms with Gasteiger partial charge >= 0.3 is 0 Å². The maximum atomic E-state index is 5.75. The van der Waals surface area contributed by atoms with Gasteiger partial charge in [0, 0.05) is 0 Å². The maximum absolute atomic E-state index is 5.75. The minimum absolute atomic E-state index is 0.261. The Labute approximate surface area is 103 Å². The molecule has 0 aliphatic rings. The molecule has 0 radical (unpaired) electrons. The van der Waals surface area contributed by atoms with Crippen LogP contribution in [0.5, 0.6) is 0 Å². The van der Waals surface area contributed by atoms with Gasteiger partial charge in [-0.05, 0) is 44.5 Å². The van der Waals surface area contributed by atoms with Gasteiger partial charge in [-0.2, -0.15) is 0 Å². The third-order valence-corrected chi connectivity index (χ3v) is 3.06. The normalized spacial score (nSPS) is 11.3. The van der Waals surface area contributed by atoms with E-state index in [4.69, 9.17) is 8.83 Å². The van der Waals surface area contributed by atoms with E-state index in [-0.39, 0.29) is 5.92 Å². The van der Waals surface area contributed by atoms with Crippen molar-refractivity contribution in [1.29, 1.82) is 0 Å². The van der Waals surface area contributed by atoms with Crippen molar-refractivity contribution in [3.05, 3.63) is 47.3 Å². The minimum atomic E-state index is 0.261. The number of aryl methyl sites for hydroxylation is 2. The van der Waals surface area contributed by atoms with Crippen LogP contribution in [0.3, 0.4) is 0 Å². The van der Waals surface area contributed by atoms with Gasteiger partial charge in [-0.15, -0.1) is 0 Å². The zero-order chi connectivity index (χ0) is 12.3. The highest BCUT2D eigenvalue weighted by atomic mass is 16.4. The average Bonchev–Trinajstić information content (AvgIpc) is 2.89. The van der Waals surface area contributed by atoms with Crippen molar-refractivity contribution in [3.8, 4) is 0 Å². The van der Waals surface area contributed by atoms with Crippen LogP contribution in [0.15, 0.2) is 33.1 Å². The maximum Gasteiger partial charge on any atom is 0.114 e. The Balaban J connectivity index is 2.24. The molecule has 0 N–H and O–H groups in total. The lowest BCUT2D eigenvalue weighted by molar-refractivity contribution is 0.393. The van der Waals surface area contributed by atoms with Crippen LogP contribution in [-0.2, 0) is 0 Å². The highest BCUT2D eigenvalue weighted by molar-refractivity contribution is 5.22. The standard InChI is InChI=1S/C15H20O2/c1-4-5-6-13(14-9-7-11(2)16-14)15-10-8-12(3)17-15/h7-10,13H,4-6H2,1-3H3. The first-order valence-electron chi connectivity index (χ1n) is 6.33. The molecule has 0 aliphatic carbocycles. The first-order chi connectivity index (χ1) is 8.20. The molecule has 0 atom stereocenters. The Kier molecular flexibility index (Phi) is 3.72. The fourth-order valence-electron chi connectivity index (χ4n) is 2.11. The van der Waals surface area contributed by atoms with Crippen LogP contribution >= 0.6 is 0 Å². The smallest absolute Gasteiger partial charge is 0.114 e. The molecule has 0 spiro atoms. The van der Waals surface area contributed by atoms with Crippen molar-refractivity contribution >= 4 is 0 Å². The summed E-state index contributed by atoms with van der Waals surface area (Å²) < 4.78 is 11.5. The van der Waals surface area contributed by atoms with Gasteiger partial charge in [0.2, 0.25) is 0 Å². The number of rotatable bonds is 5. The van der Waals surface area contributed by atoms with Crippen molar-refractivity contribution in [1.82, 2.24) is 0 Å². The molecule has 2 aromatic heterocycles. The molecule has 17 heavy (non-hydrogen) atoms. The van der Waals surface area contributed by atoms with E-state index >= 15 is 0 Å². The van der Waals surface area contributed by atoms with E-state index in [9.17, 15) is 0 Å². The summed E-state index contributed by atoms with van der Waals surface area (Å²) in [5, 5.41) is 0. The third-order valence-electron chi connectivity index (χ3n) is 3.06. The molecule has 0 saturated carbocycles. The van der Waals surface area contributed by atoms with Crippen LogP contribution < -0.4 is 0 Å². The van der Waals surface area contributed by atoms with E-state index < -0.39 is 0 Å². The summed E-state index contributed by atoms with van der Waals surface area (Å²) in [6.07, 6.45) is 3.45. The number of unbranched alkanes of at least 4 members (excludes halogenated alkanes) is 1. The second kappa shape index (κ2) is 5.26. The Hall–Kier alpha value is -1.44. The lowest BCUT2D eigenvalue weighted by atomic mass is 9.97. The Morgan fingerprint density at radius 3 is 1.82 bits per heavy atom. The molecule has 2 heterocycles. The van der Waals surface area contributed by atoms with Crippen LogP contribution in [0.25, 0.3) is 0 Å². The van der Waals surface area contributed by atoms with Crippen LogP contribution in [-0.4, -0.2) is 0 Å². The van der Waals surface area contributed by atoms with Gasteiger partial charge in [0.25, 0.3) is 0 Å². The van der Waals surface area contributed by atoms with Gasteiger partial charge in [-0.3, -0.25) is 0 Å². The summed E-state index contributed by atoms with van der Waals surface area (Å²) in [7, 11) is 0. The minimum Gasteiger partial charge on any atom is -0.466 e. The molecule has 0 bridgehead atoms. The second-order valence-corrected chi connectivity index (χ2v) is 4.59. The van der Waals surface area contributed by atoms with Crippen LogP contribution in [0, 0.1) is 13.8 Å². The molecule has 2 heteroatoms. The van der Waals surface area contributed by atoms with Crippen LogP contribution in [0.4, 0.5) is 0 Å².